The number of carbonyl (C=O) groups is 2. The predicted molar refractivity (Wildman–Crippen MR) is 112 cm³/mol. The smallest absolute Gasteiger partial charge is 0.334 e. The van der Waals surface area contributed by atoms with Crippen LogP contribution in [0.2, 0.25) is 0 Å². The van der Waals surface area contributed by atoms with Crippen molar-refractivity contribution < 1.29 is 14.7 Å². The maximum absolute atomic E-state index is 12.2. The molecule has 0 aliphatic rings. The molecule has 0 aliphatic carbocycles. The van der Waals surface area contributed by atoms with Crippen LogP contribution in [0.15, 0.2) is 39.9 Å². The average Bonchev–Trinajstić information content (AvgIpc) is 2.62. The largest absolute Gasteiger partial charge is 0.478 e. The van der Waals surface area contributed by atoms with Gasteiger partial charge < -0.3 is 10.4 Å². The van der Waals surface area contributed by atoms with Gasteiger partial charge in [0.05, 0.1) is 15.6 Å². The van der Waals surface area contributed by atoms with E-state index in [-0.39, 0.29) is 11.5 Å². The second-order valence-electron chi connectivity index (χ2n) is 5.38. The van der Waals surface area contributed by atoms with E-state index < -0.39 is 5.97 Å². The summed E-state index contributed by atoms with van der Waals surface area (Å²) in [4.78, 5) is 27.8. The first-order valence-corrected chi connectivity index (χ1v) is 10.7. The van der Waals surface area contributed by atoms with Crippen molar-refractivity contribution in [3.05, 3.63) is 46.0 Å². The van der Waals surface area contributed by atoms with E-state index in [0.717, 1.165) is 16.2 Å². The Bertz CT molecular complexity index is 683. The Hall–Kier alpha value is -1.73. The van der Waals surface area contributed by atoms with Crippen LogP contribution in [-0.2, 0) is 16.0 Å². The van der Waals surface area contributed by atoms with Gasteiger partial charge >= 0.3 is 5.97 Å². The van der Waals surface area contributed by atoms with Gasteiger partial charge in [-0.05, 0) is 30.4 Å². The van der Waals surface area contributed by atoms with Crippen molar-refractivity contribution >= 4 is 40.4 Å². The molecule has 0 radical (unpaired) electrons. The quantitative estimate of drug-likeness (QED) is 0.377. The molecular weight excluding hydrogens is 368 g/mol. The second kappa shape index (κ2) is 11.8. The number of rotatable bonds is 9. The topological polar surface area (TPSA) is 78.8 Å². The molecule has 1 rings (SSSR count). The van der Waals surface area contributed by atoms with Crippen LogP contribution in [0.25, 0.3) is 0 Å². The number of aliphatic imine (C=N–C) groups is 1. The van der Waals surface area contributed by atoms with Crippen LogP contribution in [0, 0.1) is 0 Å². The Balaban J connectivity index is 2.72. The lowest BCUT2D eigenvalue weighted by atomic mass is 10.1. The number of aliphatic carboxylic acids is 1. The number of hydrogen-bond donors (Lipinski definition) is 2. The SMILES string of the molecule is CCS/C(NC(=O)CCc1ccc(C(=NC)SC)cc1)=C(\CC)C(=O)O. The Kier molecular flexibility index (Phi) is 10.1. The highest BCUT2D eigenvalue weighted by Crippen LogP contribution is 2.20. The van der Waals surface area contributed by atoms with Crippen LogP contribution in [0.1, 0.15) is 37.8 Å². The van der Waals surface area contributed by atoms with Crippen LogP contribution in [0.3, 0.4) is 0 Å². The number of thioether (sulfide) groups is 2. The molecule has 0 spiro atoms. The molecule has 0 saturated carbocycles. The molecule has 26 heavy (non-hydrogen) atoms. The molecule has 1 aromatic carbocycles. The molecule has 5 nitrogen and oxygen atoms in total. The number of benzene rings is 1. The van der Waals surface area contributed by atoms with Crippen molar-refractivity contribution in [2.45, 2.75) is 33.1 Å². The highest BCUT2D eigenvalue weighted by molar-refractivity contribution is 8.13. The zero-order chi connectivity index (χ0) is 19.5. The molecule has 0 unspecified atom stereocenters. The van der Waals surface area contributed by atoms with Crippen LogP contribution >= 0.6 is 23.5 Å². The molecule has 0 aliphatic heterocycles. The molecule has 0 fully saturated rings. The molecule has 0 bridgehead atoms. The summed E-state index contributed by atoms with van der Waals surface area (Å²) in [6, 6.07) is 8.00. The third-order valence-corrected chi connectivity index (χ3v) is 5.40. The molecule has 142 valence electrons. The van der Waals surface area contributed by atoms with Crippen molar-refractivity contribution in [3.63, 3.8) is 0 Å². The van der Waals surface area contributed by atoms with E-state index in [1.807, 2.05) is 37.4 Å². The van der Waals surface area contributed by atoms with E-state index in [0.29, 0.717) is 30.0 Å². The van der Waals surface area contributed by atoms with Gasteiger partial charge in [0.15, 0.2) is 0 Å². The fourth-order valence-corrected chi connectivity index (χ4v) is 3.79. The molecule has 0 atom stereocenters. The van der Waals surface area contributed by atoms with Gasteiger partial charge in [-0.1, -0.05) is 38.1 Å². The molecule has 0 heterocycles. The maximum atomic E-state index is 12.2. The summed E-state index contributed by atoms with van der Waals surface area (Å²) < 4.78 is 0. The van der Waals surface area contributed by atoms with E-state index in [1.54, 1.807) is 25.7 Å². The van der Waals surface area contributed by atoms with Gasteiger partial charge in [-0.25, -0.2) is 4.79 Å². The molecular formula is C19H26N2O3S2. The number of carboxylic acids is 1. The van der Waals surface area contributed by atoms with Crippen molar-refractivity contribution in [1.82, 2.24) is 5.32 Å². The Morgan fingerprint density at radius 3 is 2.31 bits per heavy atom. The highest BCUT2D eigenvalue weighted by atomic mass is 32.2. The lowest BCUT2D eigenvalue weighted by Crippen LogP contribution is -2.24. The summed E-state index contributed by atoms with van der Waals surface area (Å²) in [6.07, 6.45) is 3.27. The number of nitrogens with one attached hydrogen (secondary N) is 1. The molecule has 0 saturated heterocycles. The number of aryl methyl sites for hydroxylation is 1. The molecule has 2 N–H and O–H groups in total. The number of nitrogens with zero attached hydrogens (tertiary/aromatic N) is 1. The lowest BCUT2D eigenvalue weighted by molar-refractivity contribution is -0.132. The van der Waals surface area contributed by atoms with Gasteiger partial charge in [-0.2, -0.15) is 0 Å². The monoisotopic (exact) mass is 394 g/mol. The second-order valence-corrected chi connectivity index (χ2v) is 7.45. The van der Waals surface area contributed by atoms with Crippen LogP contribution < -0.4 is 5.32 Å². The van der Waals surface area contributed by atoms with Crippen molar-refractivity contribution in [1.29, 1.82) is 0 Å². The lowest BCUT2D eigenvalue weighted by Gasteiger charge is -2.12. The predicted octanol–water partition coefficient (Wildman–Crippen LogP) is 3.93. The van der Waals surface area contributed by atoms with Crippen molar-refractivity contribution in [3.8, 4) is 0 Å². The van der Waals surface area contributed by atoms with Gasteiger partial charge in [-0.15, -0.1) is 23.5 Å². The first-order valence-electron chi connectivity index (χ1n) is 8.45. The zero-order valence-corrected chi connectivity index (χ0v) is 17.3. The molecule has 0 aromatic heterocycles. The summed E-state index contributed by atoms with van der Waals surface area (Å²) in [6.45, 7) is 3.70. The normalized spacial score (nSPS) is 12.5. The van der Waals surface area contributed by atoms with Gasteiger partial charge in [0, 0.05) is 19.0 Å². The fourth-order valence-electron chi connectivity index (χ4n) is 2.35. The number of amides is 1. The Morgan fingerprint density at radius 1 is 1.19 bits per heavy atom. The first-order chi connectivity index (χ1) is 12.5. The summed E-state index contributed by atoms with van der Waals surface area (Å²) in [5.41, 5.74) is 2.37. The first kappa shape index (κ1) is 22.3. The van der Waals surface area contributed by atoms with Crippen LogP contribution in [0.5, 0.6) is 0 Å². The van der Waals surface area contributed by atoms with Crippen molar-refractivity contribution in [2.24, 2.45) is 4.99 Å². The minimum atomic E-state index is -0.985. The summed E-state index contributed by atoms with van der Waals surface area (Å²) in [7, 11) is 1.77. The van der Waals surface area contributed by atoms with Gasteiger partial charge in [0.25, 0.3) is 0 Å². The standard InChI is InChI=1S/C19H26N2O3S2/c1-5-15(19(23)24)18(26-6-2)21-16(22)12-9-13-7-10-14(11-8-13)17(20-3)25-4/h7-8,10-11H,5-6,9,12H2,1-4H3,(H,21,22)(H,23,24)/b18-15+,20-17?. The fraction of sp³-hybridized carbons (Fsp3) is 0.421. The molecule has 7 heteroatoms. The Labute approximate surface area is 163 Å². The van der Waals surface area contributed by atoms with E-state index in [1.165, 1.54) is 11.8 Å². The van der Waals surface area contributed by atoms with Gasteiger partial charge in [0.2, 0.25) is 5.91 Å². The van der Waals surface area contributed by atoms with E-state index in [9.17, 15) is 14.7 Å². The molecule has 1 aromatic rings. The maximum Gasteiger partial charge on any atom is 0.334 e. The number of carbonyl (C=O) groups excluding carboxylic acids is 1. The zero-order valence-electron chi connectivity index (χ0n) is 15.7. The average molecular weight is 395 g/mol. The minimum absolute atomic E-state index is 0.169. The van der Waals surface area contributed by atoms with Crippen LogP contribution in [0.4, 0.5) is 0 Å². The van der Waals surface area contributed by atoms with Gasteiger partial charge in [-0.3, -0.25) is 9.79 Å². The number of hydrogen-bond acceptors (Lipinski definition) is 5. The third kappa shape index (κ3) is 6.88. The molecule has 1 amide bonds. The third-order valence-electron chi connectivity index (χ3n) is 3.67. The van der Waals surface area contributed by atoms with E-state index in [2.05, 4.69) is 10.3 Å². The summed E-state index contributed by atoms with van der Waals surface area (Å²) >= 11 is 2.95. The van der Waals surface area contributed by atoms with Crippen molar-refractivity contribution in [2.75, 3.05) is 19.1 Å². The van der Waals surface area contributed by atoms with Crippen LogP contribution in [-0.4, -0.2) is 41.1 Å². The summed E-state index contributed by atoms with van der Waals surface area (Å²) in [5, 5.41) is 13.5. The van der Waals surface area contributed by atoms with Gasteiger partial charge in [0.1, 0.15) is 0 Å². The number of carboxylic acid groups (broad SMARTS) is 1. The summed E-state index contributed by atoms with van der Waals surface area (Å²) in [5.74, 6) is -0.455. The Morgan fingerprint density at radius 2 is 1.85 bits per heavy atom. The minimum Gasteiger partial charge on any atom is -0.478 e. The highest BCUT2D eigenvalue weighted by Gasteiger charge is 2.15. The van der Waals surface area contributed by atoms with E-state index in [4.69, 9.17) is 0 Å². The van der Waals surface area contributed by atoms with E-state index >= 15 is 0 Å².